The molecular weight excluding hydrogens is 380 g/mol. The van der Waals surface area contributed by atoms with Gasteiger partial charge in [-0.15, -0.1) is 0 Å². The standard InChI is InChI=1S/C24H30N2O4/c1-23(2)13-18(26-21(27)28)14-24(3,15-23)16-25-22(29)30-20-12-8-7-11-19(20)17-9-5-4-6-10-17/h4-12,18,26H,13-16H2,1-3H3,(H,25,29)(H,27,28). The van der Waals surface area contributed by atoms with Gasteiger partial charge in [-0.1, -0.05) is 69.3 Å². The molecule has 1 fully saturated rings. The number of rotatable bonds is 5. The Morgan fingerprint density at radius 1 is 1.03 bits per heavy atom. The van der Waals surface area contributed by atoms with E-state index in [4.69, 9.17) is 9.84 Å². The first-order valence-corrected chi connectivity index (χ1v) is 10.3. The van der Waals surface area contributed by atoms with E-state index < -0.39 is 12.2 Å². The normalized spacial score (nSPS) is 22.7. The Kier molecular flexibility index (Phi) is 6.34. The third kappa shape index (κ3) is 5.75. The molecule has 2 aromatic carbocycles. The molecule has 2 unspecified atom stereocenters. The van der Waals surface area contributed by atoms with Crippen LogP contribution in [0.1, 0.15) is 40.0 Å². The van der Waals surface area contributed by atoms with E-state index in [1.807, 2.05) is 48.5 Å². The summed E-state index contributed by atoms with van der Waals surface area (Å²) in [6.07, 6.45) is 0.821. The largest absolute Gasteiger partial charge is 0.465 e. The lowest BCUT2D eigenvalue weighted by Crippen LogP contribution is -2.50. The fraction of sp³-hybridized carbons (Fsp3) is 0.417. The summed E-state index contributed by atoms with van der Waals surface area (Å²) in [4.78, 5) is 23.7. The molecule has 30 heavy (non-hydrogen) atoms. The van der Waals surface area contributed by atoms with E-state index in [0.717, 1.165) is 24.0 Å². The molecular formula is C24H30N2O4. The zero-order valence-electron chi connectivity index (χ0n) is 17.8. The maximum Gasteiger partial charge on any atom is 0.412 e. The maximum absolute atomic E-state index is 12.6. The Morgan fingerprint density at radius 2 is 1.70 bits per heavy atom. The van der Waals surface area contributed by atoms with E-state index >= 15 is 0 Å². The molecule has 2 atom stereocenters. The average molecular weight is 411 g/mol. The molecule has 1 saturated carbocycles. The third-order valence-electron chi connectivity index (χ3n) is 5.61. The topological polar surface area (TPSA) is 87.7 Å². The molecule has 2 amide bonds. The summed E-state index contributed by atoms with van der Waals surface area (Å²) in [5.41, 5.74) is 1.58. The fourth-order valence-electron chi connectivity index (χ4n) is 4.88. The van der Waals surface area contributed by atoms with E-state index in [9.17, 15) is 9.59 Å². The first-order chi connectivity index (χ1) is 14.2. The van der Waals surface area contributed by atoms with Crippen molar-refractivity contribution in [3.8, 4) is 16.9 Å². The predicted octanol–water partition coefficient (Wildman–Crippen LogP) is 5.29. The van der Waals surface area contributed by atoms with Crippen molar-refractivity contribution in [2.75, 3.05) is 6.54 Å². The number of carbonyl (C=O) groups excluding carboxylic acids is 1. The van der Waals surface area contributed by atoms with Gasteiger partial charge in [0.05, 0.1) is 0 Å². The number of ether oxygens (including phenoxy) is 1. The minimum Gasteiger partial charge on any atom is -0.465 e. The van der Waals surface area contributed by atoms with Gasteiger partial charge in [0.2, 0.25) is 0 Å². The van der Waals surface area contributed by atoms with Crippen molar-refractivity contribution in [3.05, 3.63) is 54.6 Å². The number of amides is 2. The second-order valence-electron chi connectivity index (χ2n) is 9.31. The van der Waals surface area contributed by atoms with Crippen molar-refractivity contribution in [2.45, 2.75) is 46.1 Å². The van der Waals surface area contributed by atoms with Gasteiger partial charge in [-0.2, -0.15) is 0 Å². The van der Waals surface area contributed by atoms with Crippen molar-refractivity contribution in [3.63, 3.8) is 0 Å². The predicted molar refractivity (Wildman–Crippen MR) is 117 cm³/mol. The van der Waals surface area contributed by atoms with Crippen molar-refractivity contribution < 1.29 is 19.4 Å². The van der Waals surface area contributed by atoms with Crippen LogP contribution < -0.4 is 15.4 Å². The van der Waals surface area contributed by atoms with Crippen LogP contribution in [0.5, 0.6) is 5.75 Å². The Morgan fingerprint density at radius 3 is 2.40 bits per heavy atom. The molecule has 1 aliphatic carbocycles. The van der Waals surface area contributed by atoms with Gasteiger partial charge in [0.15, 0.2) is 0 Å². The van der Waals surface area contributed by atoms with Gasteiger partial charge in [-0.05, 0) is 41.7 Å². The van der Waals surface area contributed by atoms with Gasteiger partial charge in [0.25, 0.3) is 0 Å². The zero-order valence-corrected chi connectivity index (χ0v) is 17.8. The Hall–Kier alpha value is -3.02. The first-order valence-electron chi connectivity index (χ1n) is 10.3. The quantitative estimate of drug-likeness (QED) is 0.625. The number of carboxylic acid groups (broad SMARTS) is 1. The zero-order chi connectivity index (χ0) is 21.8. The Labute approximate surface area is 177 Å². The Balaban J connectivity index is 1.65. The molecule has 0 spiro atoms. The van der Waals surface area contributed by atoms with Gasteiger partial charge in [-0.3, -0.25) is 0 Å². The number of nitrogens with one attached hydrogen (secondary N) is 2. The average Bonchev–Trinajstić information content (AvgIpc) is 2.65. The summed E-state index contributed by atoms with van der Waals surface area (Å²) in [7, 11) is 0. The van der Waals surface area contributed by atoms with Crippen LogP contribution in [0.15, 0.2) is 54.6 Å². The molecule has 0 heterocycles. The highest BCUT2D eigenvalue weighted by atomic mass is 16.6. The van der Waals surface area contributed by atoms with Gasteiger partial charge in [-0.25, -0.2) is 9.59 Å². The molecule has 160 valence electrons. The van der Waals surface area contributed by atoms with E-state index in [-0.39, 0.29) is 16.9 Å². The second-order valence-corrected chi connectivity index (χ2v) is 9.31. The van der Waals surface area contributed by atoms with E-state index in [0.29, 0.717) is 18.7 Å². The molecule has 0 aromatic heterocycles. The number of carbonyl (C=O) groups is 2. The molecule has 3 N–H and O–H groups in total. The number of hydrogen-bond acceptors (Lipinski definition) is 3. The van der Waals surface area contributed by atoms with Crippen LogP contribution >= 0.6 is 0 Å². The maximum atomic E-state index is 12.6. The van der Waals surface area contributed by atoms with Crippen LogP contribution in [0.3, 0.4) is 0 Å². The molecule has 6 heteroatoms. The number of para-hydroxylation sites is 1. The Bertz CT molecular complexity index is 897. The highest BCUT2D eigenvalue weighted by molar-refractivity contribution is 5.77. The second kappa shape index (κ2) is 8.78. The van der Waals surface area contributed by atoms with Crippen LogP contribution in [0.25, 0.3) is 11.1 Å². The highest BCUT2D eigenvalue weighted by Gasteiger charge is 2.42. The van der Waals surface area contributed by atoms with E-state index in [1.54, 1.807) is 6.07 Å². The first kappa shape index (κ1) is 21.7. The van der Waals surface area contributed by atoms with Crippen LogP contribution in [0, 0.1) is 10.8 Å². The van der Waals surface area contributed by atoms with E-state index in [1.165, 1.54) is 0 Å². The monoisotopic (exact) mass is 410 g/mol. The van der Waals surface area contributed by atoms with Crippen LogP contribution in [-0.2, 0) is 0 Å². The smallest absolute Gasteiger partial charge is 0.412 e. The summed E-state index contributed by atoms with van der Waals surface area (Å²) in [6, 6.07) is 17.1. The number of hydrogen-bond donors (Lipinski definition) is 3. The molecule has 0 radical (unpaired) electrons. The summed E-state index contributed by atoms with van der Waals surface area (Å²) in [5.74, 6) is 0.501. The van der Waals surface area contributed by atoms with Crippen molar-refractivity contribution in [1.82, 2.24) is 10.6 Å². The highest BCUT2D eigenvalue weighted by Crippen LogP contribution is 2.45. The summed E-state index contributed by atoms with van der Waals surface area (Å²) in [6.45, 7) is 6.77. The lowest BCUT2D eigenvalue weighted by atomic mass is 9.62. The fourth-order valence-corrected chi connectivity index (χ4v) is 4.88. The number of benzene rings is 2. The lowest BCUT2D eigenvalue weighted by Gasteiger charge is -2.46. The summed E-state index contributed by atoms with van der Waals surface area (Å²) >= 11 is 0. The van der Waals surface area contributed by atoms with Gasteiger partial charge in [0.1, 0.15) is 5.75 Å². The van der Waals surface area contributed by atoms with Crippen molar-refractivity contribution in [2.24, 2.45) is 10.8 Å². The SMILES string of the molecule is CC1(C)CC(NC(=O)O)CC(C)(CNC(=O)Oc2ccccc2-c2ccccc2)C1. The molecule has 6 nitrogen and oxygen atoms in total. The molecule has 0 saturated heterocycles. The van der Waals surface area contributed by atoms with Gasteiger partial charge >= 0.3 is 12.2 Å². The van der Waals surface area contributed by atoms with Gasteiger partial charge < -0.3 is 20.5 Å². The minimum atomic E-state index is -1.01. The molecule has 0 aliphatic heterocycles. The lowest BCUT2D eigenvalue weighted by molar-refractivity contribution is 0.0695. The van der Waals surface area contributed by atoms with Crippen LogP contribution in [-0.4, -0.2) is 29.9 Å². The van der Waals surface area contributed by atoms with E-state index in [2.05, 4.69) is 31.4 Å². The molecule has 3 rings (SSSR count). The summed E-state index contributed by atoms with van der Waals surface area (Å²) in [5, 5.41) is 14.6. The summed E-state index contributed by atoms with van der Waals surface area (Å²) < 4.78 is 5.62. The third-order valence-corrected chi connectivity index (χ3v) is 5.61. The van der Waals surface area contributed by atoms with Crippen LogP contribution in [0.4, 0.5) is 9.59 Å². The van der Waals surface area contributed by atoms with Crippen molar-refractivity contribution in [1.29, 1.82) is 0 Å². The molecule has 2 aromatic rings. The van der Waals surface area contributed by atoms with Crippen molar-refractivity contribution >= 4 is 12.2 Å². The van der Waals surface area contributed by atoms with Crippen LogP contribution in [0.2, 0.25) is 0 Å². The molecule has 0 bridgehead atoms. The minimum absolute atomic E-state index is 0.0222. The molecule has 1 aliphatic rings. The van der Waals surface area contributed by atoms with Gasteiger partial charge in [0, 0.05) is 18.2 Å².